The van der Waals surface area contributed by atoms with Crippen LogP contribution in [0.5, 0.6) is 0 Å². The lowest BCUT2D eigenvalue weighted by atomic mass is 10.1. The van der Waals surface area contributed by atoms with E-state index in [0.717, 1.165) is 16.1 Å². The summed E-state index contributed by atoms with van der Waals surface area (Å²) in [5.41, 5.74) is 1.55. The maximum atomic E-state index is 14.0. The molecule has 9 heteroatoms. The molecule has 172 valence electrons. The zero-order valence-corrected chi connectivity index (χ0v) is 18.8. The van der Waals surface area contributed by atoms with Gasteiger partial charge in [-0.1, -0.05) is 60.7 Å². The zero-order chi connectivity index (χ0) is 23.8. The second-order valence-electron chi connectivity index (χ2n) is 7.38. The van der Waals surface area contributed by atoms with E-state index in [9.17, 15) is 22.4 Å². The van der Waals surface area contributed by atoms with Crippen molar-refractivity contribution in [3.8, 4) is 0 Å². The normalized spacial score (nSPS) is 11.2. The second-order valence-corrected chi connectivity index (χ2v) is 9.37. The van der Waals surface area contributed by atoms with Gasteiger partial charge in [-0.05, 0) is 23.8 Å². The van der Waals surface area contributed by atoms with Crippen molar-refractivity contribution < 1.29 is 22.4 Å². The van der Waals surface area contributed by atoms with Crippen molar-refractivity contribution in [1.29, 1.82) is 0 Å². The SMILES string of the molecule is CS(=O)(=O)N(CC(=O)Nc1ccccc1C(=O)NCc1ccccc1)Cc1ccccc1F. The molecule has 3 aromatic rings. The van der Waals surface area contributed by atoms with Crippen molar-refractivity contribution >= 4 is 27.5 Å². The molecule has 0 radical (unpaired) electrons. The number of carbonyl (C=O) groups excluding carboxylic acids is 2. The number of benzene rings is 3. The van der Waals surface area contributed by atoms with Crippen LogP contribution >= 0.6 is 0 Å². The molecule has 0 spiro atoms. The van der Waals surface area contributed by atoms with E-state index in [1.807, 2.05) is 30.3 Å². The molecule has 0 heterocycles. The Bertz CT molecular complexity index is 1230. The topological polar surface area (TPSA) is 95.6 Å². The third-order valence-corrected chi connectivity index (χ3v) is 6.03. The summed E-state index contributed by atoms with van der Waals surface area (Å²) in [6, 6.07) is 21.5. The van der Waals surface area contributed by atoms with E-state index >= 15 is 0 Å². The van der Waals surface area contributed by atoms with Crippen LogP contribution in [0.3, 0.4) is 0 Å². The molecule has 3 rings (SSSR count). The summed E-state index contributed by atoms with van der Waals surface area (Å²) >= 11 is 0. The molecule has 33 heavy (non-hydrogen) atoms. The van der Waals surface area contributed by atoms with E-state index in [1.165, 1.54) is 18.2 Å². The van der Waals surface area contributed by atoms with Crippen molar-refractivity contribution in [2.45, 2.75) is 13.1 Å². The van der Waals surface area contributed by atoms with Gasteiger partial charge >= 0.3 is 0 Å². The van der Waals surface area contributed by atoms with Gasteiger partial charge in [0.25, 0.3) is 5.91 Å². The molecule has 7 nitrogen and oxygen atoms in total. The number of nitrogens with one attached hydrogen (secondary N) is 2. The number of para-hydroxylation sites is 1. The minimum atomic E-state index is -3.81. The highest BCUT2D eigenvalue weighted by Crippen LogP contribution is 2.17. The fourth-order valence-electron chi connectivity index (χ4n) is 3.12. The average Bonchev–Trinajstić information content (AvgIpc) is 2.79. The van der Waals surface area contributed by atoms with Crippen LogP contribution in [0.15, 0.2) is 78.9 Å². The van der Waals surface area contributed by atoms with Crippen LogP contribution in [0.4, 0.5) is 10.1 Å². The van der Waals surface area contributed by atoms with E-state index in [2.05, 4.69) is 10.6 Å². The highest BCUT2D eigenvalue weighted by Gasteiger charge is 2.23. The van der Waals surface area contributed by atoms with Gasteiger partial charge in [-0.15, -0.1) is 0 Å². The smallest absolute Gasteiger partial charge is 0.253 e. The first kappa shape index (κ1) is 24.1. The summed E-state index contributed by atoms with van der Waals surface area (Å²) in [5.74, 6) is -1.60. The van der Waals surface area contributed by atoms with Gasteiger partial charge in [0.15, 0.2) is 0 Å². The molecular weight excluding hydrogens is 445 g/mol. The number of halogens is 1. The molecule has 0 bridgehead atoms. The van der Waals surface area contributed by atoms with Crippen LogP contribution in [0, 0.1) is 5.82 Å². The predicted octanol–water partition coefficient (Wildman–Crippen LogP) is 3.16. The molecule has 0 saturated heterocycles. The number of amides is 2. The lowest BCUT2D eigenvalue weighted by molar-refractivity contribution is -0.116. The maximum absolute atomic E-state index is 14.0. The van der Waals surface area contributed by atoms with Gasteiger partial charge in [0, 0.05) is 18.7 Å². The van der Waals surface area contributed by atoms with E-state index in [0.29, 0.717) is 6.54 Å². The van der Waals surface area contributed by atoms with E-state index in [-0.39, 0.29) is 29.3 Å². The quantitative estimate of drug-likeness (QED) is 0.503. The minimum Gasteiger partial charge on any atom is -0.348 e. The van der Waals surface area contributed by atoms with Gasteiger partial charge in [0.05, 0.1) is 24.1 Å². The summed E-state index contributed by atoms with van der Waals surface area (Å²) in [6.45, 7) is -0.516. The Hall–Kier alpha value is -3.56. The predicted molar refractivity (Wildman–Crippen MR) is 124 cm³/mol. The number of carbonyl (C=O) groups is 2. The number of nitrogens with zero attached hydrogens (tertiary/aromatic N) is 1. The first-order valence-electron chi connectivity index (χ1n) is 10.1. The molecule has 2 N–H and O–H groups in total. The number of anilines is 1. The van der Waals surface area contributed by atoms with Gasteiger partial charge in [-0.3, -0.25) is 9.59 Å². The first-order chi connectivity index (χ1) is 15.7. The second kappa shape index (κ2) is 10.8. The van der Waals surface area contributed by atoms with Crippen molar-refractivity contribution in [3.63, 3.8) is 0 Å². The molecule has 0 unspecified atom stereocenters. The van der Waals surface area contributed by atoms with Crippen molar-refractivity contribution in [3.05, 3.63) is 101 Å². The van der Waals surface area contributed by atoms with E-state index in [4.69, 9.17) is 0 Å². The molecule has 0 fully saturated rings. The Morgan fingerprint density at radius 3 is 2.24 bits per heavy atom. The summed E-state index contributed by atoms with van der Waals surface area (Å²) in [5, 5.41) is 5.39. The van der Waals surface area contributed by atoms with Gasteiger partial charge < -0.3 is 10.6 Å². The lowest BCUT2D eigenvalue weighted by Gasteiger charge is -2.20. The standard InChI is InChI=1S/C24H24FN3O4S/c1-33(31,32)28(16-19-11-5-7-13-21(19)25)17-23(29)27-22-14-8-6-12-20(22)24(30)26-15-18-9-3-2-4-10-18/h2-14H,15-17H2,1H3,(H,26,30)(H,27,29). The summed E-state index contributed by atoms with van der Waals surface area (Å²) in [6.07, 6.45) is 0.950. The van der Waals surface area contributed by atoms with Gasteiger partial charge in [0.2, 0.25) is 15.9 Å². The minimum absolute atomic E-state index is 0.149. The number of hydrogen-bond donors (Lipinski definition) is 2. The number of sulfonamides is 1. The fraction of sp³-hybridized carbons (Fsp3) is 0.167. The Morgan fingerprint density at radius 1 is 0.909 bits per heavy atom. The van der Waals surface area contributed by atoms with Crippen molar-refractivity contribution in [2.24, 2.45) is 0 Å². The van der Waals surface area contributed by atoms with Crippen LogP contribution < -0.4 is 10.6 Å². The largest absolute Gasteiger partial charge is 0.348 e. The van der Waals surface area contributed by atoms with Crippen LogP contribution in [0.1, 0.15) is 21.5 Å². The summed E-state index contributed by atoms with van der Waals surface area (Å²) in [7, 11) is -3.81. The number of rotatable bonds is 9. The molecule has 0 atom stereocenters. The highest BCUT2D eigenvalue weighted by atomic mass is 32.2. The summed E-state index contributed by atoms with van der Waals surface area (Å²) < 4.78 is 39.2. The monoisotopic (exact) mass is 469 g/mol. The Labute approximate surface area is 192 Å². The highest BCUT2D eigenvalue weighted by molar-refractivity contribution is 7.88. The van der Waals surface area contributed by atoms with Gasteiger partial charge in [-0.25, -0.2) is 12.8 Å². The zero-order valence-electron chi connectivity index (χ0n) is 18.0. The van der Waals surface area contributed by atoms with E-state index in [1.54, 1.807) is 30.3 Å². The Morgan fingerprint density at radius 2 is 1.55 bits per heavy atom. The molecule has 0 saturated carbocycles. The average molecular weight is 470 g/mol. The molecule has 2 amide bonds. The lowest BCUT2D eigenvalue weighted by Crippen LogP contribution is -2.37. The maximum Gasteiger partial charge on any atom is 0.253 e. The molecular formula is C24H24FN3O4S. The molecule has 3 aromatic carbocycles. The van der Waals surface area contributed by atoms with Crippen molar-refractivity contribution in [1.82, 2.24) is 9.62 Å². The third kappa shape index (κ3) is 6.96. The third-order valence-electron chi connectivity index (χ3n) is 4.84. The molecule has 0 aliphatic rings. The molecule has 0 aliphatic carbocycles. The van der Waals surface area contributed by atoms with Crippen LogP contribution in [-0.2, 0) is 27.9 Å². The Kier molecular flexibility index (Phi) is 7.92. The Balaban J connectivity index is 1.70. The number of hydrogen-bond acceptors (Lipinski definition) is 4. The molecule has 0 aromatic heterocycles. The molecule has 0 aliphatic heterocycles. The van der Waals surface area contributed by atoms with Crippen LogP contribution in [0.2, 0.25) is 0 Å². The van der Waals surface area contributed by atoms with Gasteiger partial charge in [0.1, 0.15) is 5.82 Å². The fourth-order valence-corrected chi connectivity index (χ4v) is 3.85. The van der Waals surface area contributed by atoms with Crippen molar-refractivity contribution in [2.75, 3.05) is 18.1 Å². The first-order valence-corrected chi connectivity index (χ1v) is 12.0. The van der Waals surface area contributed by atoms with Gasteiger partial charge in [-0.2, -0.15) is 4.31 Å². The van der Waals surface area contributed by atoms with E-state index < -0.39 is 28.3 Å². The van der Waals surface area contributed by atoms with Crippen LogP contribution in [0.25, 0.3) is 0 Å². The summed E-state index contributed by atoms with van der Waals surface area (Å²) in [4.78, 5) is 25.3. The van der Waals surface area contributed by atoms with Crippen LogP contribution in [-0.4, -0.2) is 37.3 Å².